The standard InChI is InChI=1S/C10H4BrClFNO2S/c11-6-2-1-5(3-7(6)13)16-10-14-9(12)8(4-15)17-10/h1-4H. The molecule has 0 aliphatic heterocycles. The third kappa shape index (κ3) is 2.83. The number of aldehydes is 1. The number of nitrogens with zero attached hydrogens (tertiary/aromatic N) is 1. The number of carbonyl (C=O) groups excluding carboxylic acids is 1. The second-order valence-corrected chi connectivity index (χ2v) is 5.14. The molecule has 0 fully saturated rings. The average Bonchev–Trinajstić information content (AvgIpc) is 2.64. The summed E-state index contributed by atoms with van der Waals surface area (Å²) < 4.78 is 18.8. The van der Waals surface area contributed by atoms with E-state index < -0.39 is 5.82 Å². The van der Waals surface area contributed by atoms with E-state index in [2.05, 4.69) is 20.9 Å². The van der Waals surface area contributed by atoms with Crippen molar-refractivity contribution in [1.29, 1.82) is 0 Å². The number of thiazole rings is 1. The van der Waals surface area contributed by atoms with E-state index in [0.29, 0.717) is 10.8 Å². The summed E-state index contributed by atoms with van der Waals surface area (Å²) in [4.78, 5) is 14.7. The Morgan fingerprint density at radius 3 is 2.88 bits per heavy atom. The van der Waals surface area contributed by atoms with Gasteiger partial charge in [-0.15, -0.1) is 0 Å². The topological polar surface area (TPSA) is 39.2 Å². The predicted molar refractivity (Wildman–Crippen MR) is 66.7 cm³/mol. The van der Waals surface area contributed by atoms with Gasteiger partial charge in [-0.2, -0.15) is 4.98 Å². The van der Waals surface area contributed by atoms with Gasteiger partial charge in [0.25, 0.3) is 5.19 Å². The minimum absolute atomic E-state index is 0.0811. The molecule has 3 nitrogen and oxygen atoms in total. The minimum Gasteiger partial charge on any atom is -0.431 e. The molecule has 0 bridgehead atoms. The zero-order valence-electron chi connectivity index (χ0n) is 8.12. The van der Waals surface area contributed by atoms with Gasteiger partial charge >= 0.3 is 0 Å². The van der Waals surface area contributed by atoms with Crippen LogP contribution in [0.1, 0.15) is 9.67 Å². The largest absolute Gasteiger partial charge is 0.431 e. The van der Waals surface area contributed by atoms with Gasteiger partial charge in [0.2, 0.25) is 0 Å². The molecule has 0 amide bonds. The number of hydrogen-bond acceptors (Lipinski definition) is 4. The first kappa shape index (κ1) is 12.5. The van der Waals surface area contributed by atoms with E-state index in [9.17, 15) is 9.18 Å². The number of halogens is 3. The summed E-state index contributed by atoms with van der Waals surface area (Å²) in [5.74, 6) is -0.158. The second-order valence-electron chi connectivity index (χ2n) is 2.93. The predicted octanol–water partition coefficient (Wildman–Crippen LogP) is 4.30. The highest BCUT2D eigenvalue weighted by Gasteiger charge is 2.11. The molecule has 2 rings (SSSR count). The van der Waals surface area contributed by atoms with Crippen molar-refractivity contribution >= 4 is 45.2 Å². The molecule has 7 heteroatoms. The van der Waals surface area contributed by atoms with Crippen LogP contribution in [0.25, 0.3) is 0 Å². The molecule has 0 spiro atoms. The lowest BCUT2D eigenvalue weighted by Crippen LogP contribution is -1.85. The number of rotatable bonds is 3. The third-order valence-electron chi connectivity index (χ3n) is 1.79. The molecule has 0 unspecified atom stereocenters. The Morgan fingerprint density at radius 2 is 2.29 bits per heavy atom. The maximum absolute atomic E-state index is 13.2. The number of aromatic nitrogens is 1. The fourth-order valence-electron chi connectivity index (χ4n) is 1.05. The van der Waals surface area contributed by atoms with Crippen molar-refractivity contribution in [3.63, 3.8) is 0 Å². The van der Waals surface area contributed by atoms with Crippen molar-refractivity contribution in [2.24, 2.45) is 0 Å². The maximum Gasteiger partial charge on any atom is 0.280 e. The van der Waals surface area contributed by atoms with Crippen LogP contribution in [0, 0.1) is 5.82 Å². The normalized spacial score (nSPS) is 10.3. The molecule has 0 atom stereocenters. The molecule has 0 saturated carbocycles. The molecule has 17 heavy (non-hydrogen) atoms. The van der Waals surface area contributed by atoms with Gasteiger partial charge in [-0.1, -0.05) is 22.9 Å². The number of benzene rings is 1. The first-order valence-corrected chi connectivity index (χ1v) is 6.33. The molecule has 2 aromatic rings. The third-order valence-corrected chi connectivity index (χ3v) is 3.70. The number of ether oxygens (including phenoxy) is 1. The Balaban J connectivity index is 2.25. The van der Waals surface area contributed by atoms with Gasteiger partial charge < -0.3 is 4.74 Å². The summed E-state index contributed by atoms with van der Waals surface area (Å²) in [6.45, 7) is 0. The Bertz CT molecular complexity index is 575. The van der Waals surface area contributed by atoms with Gasteiger partial charge in [0.1, 0.15) is 16.4 Å². The van der Waals surface area contributed by atoms with Gasteiger partial charge in [-0.3, -0.25) is 4.79 Å². The van der Waals surface area contributed by atoms with E-state index in [1.165, 1.54) is 12.1 Å². The monoisotopic (exact) mass is 335 g/mol. The van der Waals surface area contributed by atoms with Crippen molar-refractivity contribution in [2.75, 3.05) is 0 Å². The lowest BCUT2D eigenvalue weighted by molar-refractivity contribution is 0.112. The van der Waals surface area contributed by atoms with E-state index in [-0.39, 0.29) is 21.0 Å². The maximum atomic E-state index is 13.2. The first-order valence-electron chi connectivity index (χ1n) is 4.34. The lowest BCUT2D eigenvalue weighted by atomic mass is 10.3. The van der Waals surface area contributed by atoms with Crippen molar-refractivity contribution in [3.8, 4) is 10.9 Å². The Labute approximate surface area is 113 Å². The molecular weight excluding hydrogens is 333 g/mol. The molecule has 1 aromatic carbocycles. The van der Waals surface area contributed by atoms with Crippen LogP contribution in [0.15, 0.2) is 22.7 Å². The Morgan fingerprint density at radius 1 is 1.53 bits per heavy atom. The number of carbonyl (C=O) groups is 1. The quantitative estimate of drug-likeness (QED) is 0.784. The second kappa shape index (κ2) is 5.12. The fourth-order valence-corrected chi connectivity index (χ4v) is 2.23. The van der Waals surface area contributed by atoms with Gasteiger partial charge in [-0.25, -0.2) is 4.39 Å². The smallest absolute Gasteiger partial charge is 0.280 e. The van der Waals surface area contributed by atoms with Crippen LogP contribution in [0.5, 0.6) is 10.9 Å². The van der Waals surface area contributed by atoms with Crippen molar-refractivity contribution in [1.82, 2.24) is 4.98 Å². The van der Waals surface area contributed by atoms with Crippen LogP contribution < -0.4 is 4.74 Å². The van der Waals surface area contributed by atoms with Crippen molar-refractivity contribution in [3.05, 3.63) is 38.5 Å². The molecule has 0 radical (unpaired) electrons. The highest BCUT2D eigenvalue weighted by molar-refractivity contribution is 9.10. The van der Waals surface area contributed by atoms with Crippen LogP contribution in [0.3, 0.4) is 0 Å². The minimum atomic E-state index is -0.444. The number of hydrogen-bond donors (Lipinski definition) is 0. The molecule has 0 aliphatic rings. The lowest BCUT2D eigenvalue weighted by Gasteiger charge is -2.01. The van der Waals surface area contributed by atoms with Crippen LogP contribution >= 0.6 is 38.9 Å². The summed E-state index contributed by atoms with van der Waals surface area (Å²) in [6.07, 6.45) is 0.592. The molecule has 1 heterocycles. The van der Waals surface area contributed by atoms with Crippen molar-refractivity contribution < 1.29 is 13.9 Å². The van der Waals surface area contributed by atoms with E-state index in [1.807, 2.05) is 0 Å². The van der Waals surface area contributed by atoms with Crippen LogP contribution in [0.2, 0.25) is 5.15 Å². The van der Waals surface area contributed by atoms with Crippen LogP contribution in [0.4, 0.5) is 4.39 Å². The SMILES string of the molecule is O=Cc1sc(Oc2ccc(Br)c(F)c2)nc1Cl. The van der Waals surface area contributed by atoms with Crippen LogP contribution in [-0.2, 0) is 0 Å². The first-order chi connectivity index (χ1) is 8.10. The highest BCUT2D eigenvalue weighted by atomic mass is 79.9. The highest BCUT2D eigenvalue weighted by Crippen LogP contribution is 2.31. The Hall–Kier alpha value is -0.980. The van der Waals surface area contributed by atoms with Gasteiger partial charge in [0.05, 0.1) is 4.47 Å². The molecule has 0 aliphatic carbocycles. The summed E-state index contributed by atoms with van der Waals surface area (Å²) in [7, 11) is 0. The van der Waals surface area contributed by atoms with E-state index in [4.69, 9.17) is 16.3 Å². The summed E-state index contributed by atoms with van der Waals surface area (Å²) in [6, 6.07) is 4.30. The fraction of sp³-hybridized carbons (Fsp3) is 0. The molecule has 0 saturated heterocycles. The zero-order chi connectivity index (χ0) is 12.4. The molecule has 1 aromatic heterocycles. The Kier molecular flexibility index (Phi) is 3.76. The summed E-state index contributed by atoms with van der Waals surface area (Å²) in [5, 5.41) is 0.274. The van der Waals surface area contributed by atoms with Crippen LogP contribution in [-0.4, -0.2) is 11.3 Å². The molecular formula is C10H4BrClFNO2S. The van der Waals surface area contributed by atoms with E-state index >= 15 is 0 Å². The summed E-state index contributed by atoms with van der Waals surface area (Å²) >= 11 is 9.70. The zero-order valence-corrected chi connectivity index (χ0v) is 11.3. The van der Waals surface area contributed by atoms with Crippen molar-refractivity contribution in [2.45, 2.75) is 0 Å². The van der Waals surface area contributed by atoms with E-state index in [0.717, 1.165) is 11.3 Å². The van der Waals surface area contributed by atoms with Gasteiger partial charge in [-0.05, 0) is 28.1 Å². The average molecular weight is 337 g/mol. The summed E-state index contributed by atoms with van der Waals surface area (Å²) in [5.41, 5.74) is 0. The molecule has 88 valence electrons. The van der Waals surface area contributed by atoms with E-state index in [1.54, 1.807) is 6.07 Å². The van der Waals surface area contributed by atoms with Gasteiger partial charge in [0.15, 0.2) is 11.4 Å². The van der Waals surface area contributed by atoms with Gasteiger partial charge in [0, 0.05) is 6.07 Å². The molecule has 0 N–H and O–H groups in total.